The molecule has 4 aromatic carbocycles. The summed E-state index contributed by atoms with van der Waals surface area (Å²) in [6.07, 6.45) is 0. The predicted octanol–water partition coefficient (Wildman–Crippen LogP) is 6.99. The van der Waals surface area contributed by atoms with Gasteiger partial charge in [0.2, 0.25) is 11.8 Å². The lowest BCUT2D eigenvalue weighted by atomic mass is 9.96. The van der Waals surface area contributed by atoms with E-state index in [-0.39, 0.29) is 12.1 Å². The molecule has 0 saturated heterocycles. The molecule has 0 spiro atoms. The molecule has 3 heterocycles. The highest BCUT2D eigenvalue weighted by Gasteiger charge is 2.25. The fraction of sp³-hybridized carbons (Fsp3) is 0.188. The van der Waals surface area contributed by atoms with Crippen LogP contribution in [0.5, 0.6) is 0 Å². The number of ether oxygens (including phenoxy) is 2. The minimum atomic E-state index is 0.137. The molecule has 0 saturated carbocycles. The highest BCUT2D eigenvalue weighted by Crippen LogP contribution is 2.38. The monoisotopic (exact) mass is 485 g/mol. The summed E-state index contributed by atoms with van der Waals surface area (Å²) >= 11 is 0. The fourth-order valence-corrected chi connectivity index (χ4v) is 5.28. The second-order valence-corrected chi connectivity index (χ2v) is 9.94. The number of aromatic amines is 1. The number of nitrogens with zero attached hydrogens (tertiary/aromatic N) is 2. The van der Waals surface area contributed by atoms with Crippen molar-refractivity contribution >= 4 is 33.6 Å². The summed E-state index contributed by atoms with van der Waals surface area (Å²) in [6, 6.07) is 30.1. The van der Waals surface area contributed by atoms with E-state index in [1.807, 2.05) is 12.1 Å². The molecule has 0 unspecified atom stereocenters. The van der Waals surface area contributed by atoms with Crippen molar-refractivity contribution in [2.45, 2.75) is 25.9 Å². The molecule has 5 aromatic rings. The zero-order valence-electron chi connectivity index (χ0n) is 20.9. The zero-order chi connectivity index (χ0) is 24.9. The maximum absolute atomic E-state index is 6.06. The van der Waals surface area contributed by atoms with E-state index in [4.69, 9.17) is 19.5 Å². The number of rotatable bonds is 4. The first-order valence-electron chi connectivity index (χ1n) is 12.8. The molecule has 1 N–H and O–H groups in total. The molecule has 2 aliphatic rings. The van der Waals surface area contributed by atoms with Crippen LogP contribution in [-0.2, 0) is 9.47 Å². The van der Waals surface area contributed by atoms with E-state index in [1.54, 1.807) is 0 Å². The zero-order valence-corrected chi connectivity index (χ0v) is 20.9. The van der Waals surface area contributed by atoms with Crippen LogP contribution in [-0.4, -0.2) is 42.1 Å². The van der Waals surface area contributed by atoms with Crippen LogP contribution < -0.4 is 0 Å². The van der Waals surface area contributed by atoms with Crippen molar-refractivity contribution in [3.8, 4) is 22.3 Å². The normalized spacial score (nSPS) is 19.1. The van der Waals surface area contributed by atoms with Gasteiger partial charge in [0.15, 0.2) is 0 Å². The Labute approximate surface area is 215 Å². The summed E-state index contributed by atoms with van der Waals surface area (Å²) < 4.78 is 12.1. The van der Waals surface area contributed by atoms with E-state index in [0.717, 1.165) is 55.2 Å². The molecule has 182 valence electrons. The standard InChI is InChI=1S/C32H27N3O2/c1-19-17-36-31(33-19)27-15-23(21-9-5-3-6-10-21)13-25-26-14-24(22-11-7-4-8-12-22)16-28(30(26)35-29(25)27)32-34-20(2)18-37-32/h3-16,19-20,35H,17-18H2,1-2H3/t19-,20-/m0/s1. The maximum atomic E-state index is 6.06. The molecule has 5 heteroatoms. The van der Waals surface area contributed by atoms with Gasteiger partial charge in [-0.3, -0.25) is 0 Å². The topological polar surface area (TPSA) is 59.0 Å². The molecule has 0 amide bonds. The summed E-state index contributed by atoms with van der Waals surface area (Å²) in [5.74, 6) is 1.38. The molecule has 37 heavy (non-hydrogen) atoms. The quantitative estimate of drug-likeness (QED) is 0.298. The van der Waals surface area contributed by atoms with Crippen molar-refractivity contribution in [1.29, 1.82) is 0 Å². The Hall–Kier alpha value is -4.38. The van der Waals surface area contributed by atoms with Gasteiger partial charge in [0.05, 0.1) is 34.2 Å². The van der Waals surface area contributed by atoms with Crippen molar-refractivity contribution < 1.29 is 9.47 Å². The molecule has 0 bridgehead atoms. The predicted molar refractivity (Wildman–Crippen MR) is 151 cm³/mol. The van der Waals surface area contributed by atoms with Gasteiger partial charge in [-0.05, 0) is 60.4 Å². The van der Waals surface area contributed by atoms with Gasteiger partial charge in [-0.15, -0.1) is 0 Å². The third-order valence-electron chi connectivity index (χ3n) is 7.09. The Bertz CT molecular complexity index is 1580. The van der Waals surface area contributed by atoms with Crippen molar-refractivity contribution in [2.24, 2.45) is 9.98 Å². The van der Waals surface area contributed by atoms with Crippen LogP contribution in [0.15, 0.2) is 94.9 Å². The van der Waals surface area contributed by atoms with E-state index in [1.165, 1.54) is 0 Å². The van der Waals surface area contributed by atoms with E-state index in [9.17, 15) is 0 Å². The number of aromatic nitrogens is 1. The lowest BCUT2D eigenvalue weighted by Crippen LogP contribution is -2.04. The van der Waals surface area contributed by atoms with E-state index in [2.05, 4.69) is 91.6 Å². The van der Waals surface area contributed by atoms with E-state index < -0.39 is 0 Å². The van der Waals surface area contributed by atoms with Crippen LogP contribution in [0.25, 0.3) is 44.1 Å². The van der Waals surface area contributed by atoms with Gasteiger partial charge in [0.25, 0.3) is 0 Å². The van der Waals surface area contributed by atoms with Gasteiger partial charge in [-0.1, -0.05) is 60.7 Å². The number of aliphatic imine (C=N–C) groups is 2. The van der Waals surface area contributed by atoms with Crippen LogP contribution in [0.3, 0.4) is 0 Å². The average Bonchev–Trinajstić information content (AvgIpc) is 3.67. The van der Waals surface area contributed by atoms with Crippen LogP contribution >= 0.6 is 0 Å². The fourth-order valence-electron chi connectivity index (χ4n) is 5.28. The van der Waals surface area contributed by atoms with Gasteiger partial charge in [0.1, 0.15) is 13.2 Å². The van der Waals surface area contributed by atoms with Gasteiger partial charge >= 0.3 is 0 Å². The largest absolute Gasteiger partial charge is 0.475 e. The summed E-state index contributed by atoms with van der Waals surface area (Å²) in [5, 5.41) is 2.26. The minimum Gasteiger partial charge on any atom is -0.475 e. The molecular weight excluding hydrogens is 458 g/mol. The molecular formula is C32H27N3O2. The smallest absolute Gasteiger partial charge is 0.218 e. The summed E-state index contributed by atoms with van der Waals surface area (Å²) in [7, 11) is 0. The first-order chi connectivity index (χ1) is 18.1. The Morgan fingerprint density at radius 2 is 1.03 bits per heavy atom. The molecule has 2 atom stereocenters. The van der Waals surface area contributed by atoms with Crippen LogP contribution in [0.2, 0.25) is 0 Å². The summed E-state index contributed by atoms with van der Waals surface area (Å²) in [6.45, 7) is 5.35. The van der Waals surface area contributed by atoms with E-state index >= 15 is 0 Å². The SMILES string of the molecule is C[C@H]1COC(c2cc(-c3ccccc3)cc3c2[nH]c2c(C4=N[C@@H](C)CO4)cc(-c4ccccc4)cc23)=N1. The molecule has 0 fully saturated rings. The first kappa shape index (κ1) is 21.9. The minimum absolute atomic E-state index is 0.137. The van der Waals surface area contributed by atoms with Gasteiger partial charge in [-0.2, -0.15) is 0 Å². The molecule has 2 aliphatic heterocycles. The van der Waals surface area contributed by atoms with Gasteiger partial charge in [0, 0.05) is 10.8 Å². The van der Waals surface area contributed by atoms with Crippen molar-refractivity contribution in [3.63, 3.8) is 0 Å². The lowest BCUT2D eigenvalue weighted by Gasteiger charge is -2.09. The van der Waals surface area contributed by atoms with Crippen LogP contribution in [0, 0.1) is 0 Å². The van der Waals surface area contributed by atoms with Gasteiger partial charge < -0.3 is 14.5 Å². The molecule has 5 nitrogen and oxygen atoms in total. The summed E-state index contributed by atoms with van der Waals surface area (Å²) in [4.78, 5) is 13.4. The van der Waals surface area contributed by atoms with Crippen LogP contribution in [0.1, 0.15) is 25.0 Å². The third kappa shape index (κ3) is 3.78. The maximum Gasteiger partial charge on any atom is 0.218 e. The Balaban J connectivity index is 1.57. The first-order valence-corrected chi connectivity index (χ1v) is 12.8. The third-order valence-corrected chi connectivity index (χ3v) is 7.09. The second kappa shape index (κ2) is 8.63. The highest BCUT2D eigenvalue weighted by atomic mass is 16.5. The Morgan fingerprint density at radius 3 is 1.41 bits per heavy atom. The second-order valence-electron chi connectivity index (χ2n) is 9.94. The lowest BCUT2D eigenvalue weighted by molar-refractivity contribution is 0.324. The molecule has 0 aliphatic carbocycles. The molecule has 0 radical (unpaired) electrons. The molecule has 7 rings (SSSR count). The van der Waals surface area contributed by atoms with Crippen molar-refractivity contribution in [3.05, 3.63) is 96.1 Å². The number of hydrogen-bond donors (Lipinski definition) is 1. The average molecular weight is 486 g/mol. The van der Waals surface area contributed by atoms with Crippen molar-refractivity contribution in [2.75, 3.05) is 13.2 Å². The van der Waals surface area contributed by atoms with Gasteiger partial charge in [-0.25, -0.2) is 9.98 Å². The van der Waals surface area contributed by atoms with E-state index in [0.29, 0.717) is 25.0 Å². The number of H-pyrrole nitrogens is 1. The van der Waals surface area contributed by atoms with Crippen LogP contribution in [0.4, 0.5) is 0 Å². The number of benzene rings is 4. The number of fused-ring (bicyclic) bond motifs is 3. The summed E-state index contributed by atoms with van der Waals surface area (Å²) in [5.41, 5.74) is 8.56. The number of nitrogens with one attached hydrogen (secondary N) is 1. The Kier molecular flexibility index (Phi) is 5.10. The number of hydrogen-bond acceptors (Lipinski definition) is 4. The molecule has 1 aromatic heterocycles. The Morgan fingerprint density at radius 1 is 0.595 bits per heavy atom. The van der Waals surface area contributed by atoms with Crippen molar-refractivity contribution in [1.82, 2.24) is 4.98 Å². The highest BCUT2D eigenvalue weighted by molar-refractivity contribution is 6.21.